The first-order valence-corrected chi connectivity index (χ1v) is 5.41. The van der Waals surface area contributed by atoms with Crippen molar-refractivity contribution < 1.29 is 18.4 Å². The second-order valence-electron chi connectivity index (χ2n) is 3.03. The molecular formula is C9H7NO4S. The zero-order chi connectivity index (χ0) is 11.0. The van der Waals surface area contributed by atoms with Gasteiger partial charge in [-0.1, -0.05) is 12.1 Å². The fourth-order valence-electron chi connectivity index (χ4n) is 1.47. The first-order valence-electron chi connectivity index (χ1n) is 4.14. The van der Waals surface area contributed by atoms with Crippen LogP contribution in [0.5, 0.6) is 0 Å². The Hall–Kier alpha value is -1.53. The Labute approximate surface area is 88.0 Å². The summed E-state index contributed by atoms with van der Waals surface area (Å²) in [5, 5.41) is 0. The lowest BCUT2D eigenvalue weighted by molar-refractivity contribution is 0.0680. The molecule has 6 heteroatoms. The molecule has 0 fully saturated rings. The van der Waals surface area contributed by atoms with E-state index < -0.39 is 28.8 Å². The molecule has 1 atom stereocenters. The van der Waals surface area contributed by atoms with Gasteiger partial charge in [0.05, 0.1) is 11.1 Å². The third-order valence-electron chi connectivity index (χ3n) is 2.12. The third-order valence-corrected chi connectivity index (χ3v) is 2.60. The molecule has 1 aromatic carbocycles. The van der Waals surface area contributed by atoms with Crippen molar-refractivity contribution in [1.82, 2.24) is 4.90 Å². The summed E-state index contributed by atoms with van der Waals surface area (Å²) in [5.41, 5.74) is 0.570. The number of amides is 2. The SMILES string of the molecule is O=C1c2ccccc2C(=O)N1CS(=O)O. The molecule has 78 valence electrons. The average molecular weight is 225 g/mol. The van der Waals surface area contributed by atoms with E-state index in [2.05, 4.69) is 0 Å². The quantitative estimate of drug-likeness (QED) is 0.586. The van der Waals surface area contributed by atoms with Crippen molar-refractivity contribution in [2.24, 2.45) is 0 Å². The monoisotopic (exact) mass is 225 g/mol. The van der Waals surface area contributed by atoms with Crippen molar-refractivity contribution in [3.05, 3.63) is 35.4 Å². The van der Waals surface area contributed by atoms with E-state index in [0.717, 1.165) is 4.90 Å². The zero-order valence-corrected chi connectivity index (χ0v) is 8.36. The van der Waals surface area contributed by atoms with Crippen molar-refractivity contribution in [3.8, 4) is 0 Å². The Balaban J connectivity index is 2.41. The van der Waals surface area contributed by atoms with Crippen molar-refractivity contribution >= 4 is 22.9 Å². The minimum atomic E-state index is -2.20. The molecule has 0 bridgehead atoms. The van der Waals surface area contributed by atoms with Crippen molar-refractivity contribution in [3.63, 3.8) is 0 Å². The second-order valence-corrected chi connectivity index (χ2v) is 3.94. The highest BCUT2D eigenvalue weighted by Crippen LogP contribution is 2.22. The van der Waals surface area contributed by atoms with Gasteiger partial charge >= 0.3 is 0 Å². The summed E-state index contributed by atoms with van der Waals surface area (Å²) >= 11 is -2.20. The van der Waals surface area contributed by atoms with E-state index in [4.69, 9.17) is 4.55 Å². The molecule has 2 amide bonds. The van der Waals surface area contributed by atoms with Gasteiger partial charge in [-0.2, -0.15) is 0 Å². The number of rotatable bonds is 2. The van der Waals surface area contributed by atoms with Gasteiger partial charge < -0.3 is 4.55 Å². The lowest BCUT2D eigenvalue weighted by Crippen LogP contribution is -2.32. The Morgan fingerprint density at radius 1 is 1.13 bits per heavy atom. The third kappa shape index (κ3) is 1.57. The summed E-state index contributed by atoms with van der Waals surface area (Å²) in [6.45, 7) is 0. The van der Waals surface area contributed by atoms with E-state index in [1.165, 1.54) is 12.1 Å². The van der Waals surface area contributed by atoms with Crippen molar-refractivity contribution in [2.75, 3.05) is 5.88 Å². The molecule has 1 unspecified atom stereocenters. The van der Waals surface area contributed by atoms with Crippen LogP contribution < -0.4 is 0 Å². The minimum absolute atomic E-state index is 0.285. The number of nitrogens with zero attached hydrogens (tertiary/aromatic N) is 1. The standard InChI is InChI=1S/C9H7NO4S/c11-8-6-3-1-2-4-7(6)9(12)10(8)5-15(13)14/h1-4H,5H2,(H,13,14). The molecule has 0 radical (unpaired) electrons. The van der Waals surface area contributed by atoms with E-state index in [-0.39, 0.29) is 11.1 Å². The molecule has 1 aliphatic heterocycles. The smallest absolute Gasteiger partial charge is 0.262 e. The molecule has 1 aromatic rings. The molecule has 5 nitrogen and oxygen atoms in total. The lowest BCUT2D eigenvalue weighted by Gasteiger charge is -2.09. The van der Waals surface area contributed by atoms with Crippen LogP contribution in [-0.4, -0.2) is 31.4 Å². The number of imide groups is 1. The van der Waals surface area contributed by atoms with Crippen LogP contribution in [0.2, 0.25) is 0 Å². The zero-order valence-electron chi connectivity index (χ0n) is 7.54. The topological polar surface area (TPSA) is 74.7 Å². The Morgan fingerprint density at radius 3 is 2.00 bits per heavy atom. The molecule has 0 aliphatic carbocycles. The Kier molecular flexibility index (Phi) is 2.37. The van der Waals surface area contributed by atoms with E-state index in [1.54, 1.807) is 12.1 Å². The molecule has 2 rings (SSSR count). The maximum atomic E-state index is 11.6. The summed E-state index contributed by atoms with van der Waals surface area (Å²) in [6.07, 6.45) is 0. The molecule has 0 saturated heterocycles. The van der Waals surface area contributed by atoms with Crippen LogP contribution in [0.4, 0.5) is 0 Å². The summed E-state index contributed by atoms with van der Waals surface area (Å²) < 4.78 is 19.2. The van der Waals surface area contributed by atoms with Crippen LogP contribution >= 0.6 is 0 Å². The number of carbonyl (C=O) groups is 2. The molecule has 0 aromatic heterocycles. The van der Waals surface area contributed by atoms with E-state index in [1.807, 2.05) is 0 Å². The summed E-state index contributed by atoms with van der Waals surface area (Å²) in [6, 6.07) is 6.33. The van der Waals surface area contributed by atoms with Crippen LogP contribution in [-0.2, 0) is 11.1 Å². The molecule has 0 spiro atoms. The van der Waals surface area contributed by atoms with Gasteiger partial charge in [-0.25, -0.2) is 4.21 Å². The first kappa shape index (κ1) is 10.0. The van der Waals surface area contributed by atoms with Gasteiger partial charge in [0, 0.05) is 0 Å². The van der Waals surface area contributed by atoms with Crippen LogP contribution in [0, 0.1) is 0 Å². The highest BCUT2D eigenvalue weighted by atomic mass is 32.2. The summed E-state index contributed by atoms with van der Waals surface area (Å²) in [5.74, 6) is -1.51. The van der Waals surface area contributed by atoms with Gasteiger partial charge in [-0.15, -0.1) is 0 Å². The number of benzene rings is 1. The molecular weight excluding hydrogens is 218 g/mol. The van der Waals surface area contributed by atoms with E-state index in [9.17, 15) is 13.8 Å². The van der Waals surface area contributed by atoms with Crippen molar-refractivity contribution in [2.45, 2.75) is 0 Å². The van der Waals surface area contributed by atoms with Gasteiger partial charge in [0.25, 0.3) is 11.8 Å². The average Bonchev–Trinajstić information content (AvgIpc) is 2.44. The van der Waals surface area contributed by atoms with Crippen LogP contribution in [0.15, 0.2) is 24.3 Å². The maximum absolute atomic E-state index is 11.6. The molecule has 15 heavy (non-hydrogen) atoms. The van der Waals surface area contributed by atoms with Crippen molar-refractivity contribution in [1.29, 1.82) is 0 Å². The van der Waals surface area contributed by atoms with Gasteiger partial charge in [-0.05, 0) is 12.1 Å². The maximum Gasteiger partial charge on any atom is 0.262 e. The van der Waals surface area contributed by atoms with Gasteiger partial charge in [0.2, 0.25) is 0 Å². The predicted molar refractivity (Wildman–Crippen MR) is 52.6 cm³/mol. The lowest BCUT2D eigenvalue weighted by atomic mass is 10.1. The largest absolute Gasteiger partial charge is 0.305 e. The van der Waals surface area contributed by atoms with Gasteiger partial charge in [0.15, 0.2) is 11.1 Å². The number of fused-ring (bicyclic) bond motifs is 1. The van der Waals surface area contributed by atoms with E-state index in [0.29, 0.717) is 0 Å². The fraction of sp³-hybridized carbons (Fsp3) is 0.111. The molecule has 1 N–H and O–H groups in total. The first-order chi connectivity index (χ1) is 7.11. The second kappa shape index (κ2) is 3.56. The molecule has 1 aliphatic rings. The number of hydrogen-bond donors (Lipinski definition) is 1. The molecule has 1 heterocycles. The minimum Gasteiger partial charge on any atom is -0.305 e. The molecule has 0 saturated carbocycles. The Morgan fingerprint density at radius 2 is 1.60 bits per heavy atom. The highest BCUT2D eigenvalue weighted by Gasteiger charge is 2.35. The normalized spacial score (nSPS) is 16.7. The van der Waals surface area contributed by atoms with Crippen LogP contribution in [0.1, 0.15) is 20.7 Å². The van der Waals surface area contributed by atoms with E-state index >= 15 is 0 Å². The van der Waals surface area contributed by atoms with Crippen LogP contribution in [0.3, 0.4) is 0 Å². The highest BCUT2D eigenvalue weighted by molar-refractivity contribution is 7.79. The van der Waals surface area contributed by atoms with Gasteiger partial charge in [0.1, 0.15) is 5.88 Å². The predicted octanol–water partition coefficient (Wildman–Crippen LogP) is 0.462. The summed E-state index contributed by atoms with van der Waals surface area (Å²) in [7, 11) is 0. The van der Waals surface area contributed by atoms with Gasteiger partial charge in [-0.3, -0.25) is 14.5 Å². The number of hydrogen-bond acceptors (Lipinski definition) is 3. The Bertz CT molecular complexity index is 436. The fourth-order valence-corrected chi connectivity index (χ4v) is 1.92. The summed E-state index contributed by atoms with van der Waals surface area (Å²) in [4.78, 5) is 24.0. The number of carbonyl (C=O) groups excluding carboxylic acids is 2. The van der Waals surface area contributed by atoms with Crippen LogP contribution in [0.25, 0.3) is 0 Å².